The Balaban J connectivity index is 0.000000254. The lowest BCUT2D eigenvalue weighted by atomic mass is 9.86. The average Bonchev–Trinajstić information content (AvgIpc) is 3.09. The van der Waals surface area contributed by atoms with Crippen LogP contribution in [-0.2, 0) is 16.6 Å². The molecule has 1 unspecified atom stereocenters. The molecule has 6 heteroatoms. The maximum atomic E-state index is 8.49. The summed E-state index contributed by atoms with van der Waals surface area (Å²) in [5, 5.41) is 0. The normalized spacial score (nSPS) is 35.2. The summed E-state index contributed by atoms with van der Waals surface area (Å²) in [5.41, 5.74) is 1.55. The molecule has 1 saturated heterocycles. The average molecular weight is 343 g/mol. The van der Waals surface area contributed by atoms with Crippen molar-refractivity contribution in [2.24, 2.45) is 23.7 Å². The first-order valence-electron chi connectivity index (χ1n) is 7.38. The summed E-state index contributed by atoms with van der Waals surface area (Å²) in [6, 6.07) is 11.1. The molecule has 2 aliphatic carbocycles. The fourth-order valence-electron chi connectivity index (χ4n) is 4.06. The predicted octanol–water partition coefficient (Wildman–Crippen LogP) is -1.50. The summed E-state index contributed by atoms with van der Waals surface area (Å²) in [6.45, 7) is 0. The first kappa shape index (κ1) is 16.3. The molecule has 0 N–H and O–H groups in total. The molecule has 0 radical (unpaired) electrons. The lowest BCUT2D eigenvalue weighted by Crippen LogP contribution is -2.68. The number of hydrogen-bond acceptors (Lipinski definition) is 4. The van der Waals surface area contributed by atoms with Crippen molar-refractivity contribution in [1.82, 2.24) is 0 Å². The van der Waals surface area contributed by atoms with E-state index in [1.807, 2.05) is 0 Å². The first-order valence-corrected chi connectivity index (χ1v) is 10.3. The number of halogens is 1. The van der Waals surface area contributed by atoms with Gasteiger partial charge in [0, 0.05) is 17.4 Å². The van der Waals surface area contributed by atoms with Gasteiger partial charge in [0.05, 0.1) is 0 Å². The van der Waals surface area contributed by atoms with Crippen LogP contribution in [-0.4, -0.2) is 11.5 Å². The van der Waals surface area contributed by atoms with Crippen LogP contribution in [0, 0.1) is 33.9 Å². The highest BCUT2D eigenvalue weighted by Crippen LogP contribution is 2.52. The molecule has 2 fully saturated rings. The van der Waals surface area contributed by atoms with Gasteiger partial charge in [0.15, 0.2) is 0 Å². The standard InChI is InChI=1S/C16H19S.ClHO4/c1-2-4-12(5-3-1)9-17-10-15-13-6-7-14(8-13)16(15)11-17;2-1(3,4)5/h1-7,13-16H,8-11H2;(H,2,3,4,5)/q+1;/p-1/t13-,14+,15-,16+,17?;. The minimum absolute atomic E-state index is 0.672. The zero-order valence-electron chi connectivity index (χ0n) is 12.1. The number of rotatable bonds is 2. The van der Waals surface area contributed by atoms with E-state index < -0.39 is 10.2 Å². The van der Waals surface area contributed by atoms with Gasteiger partial charge in [-0.15, -0.1) is 10.2 Å². The Labute approximate surface area is 135 Å². The molecule has 22 heavy (non-hydrogen) atoms. The second-order valence-electron chi connectivity index (χ2n) is 6.23. The van der Waals surface area contributed by atoms with Gasteiger partial charge in [-0.05, 0) is 29.2 Å². The quantitative estimate of drug-likeness (QED) is 0.483. The maximum absolute atomic E-state index is 8.49. The van der Waals surface area contributed by atoms with Crippen molar-refractivity contribution in [2.75, 3.05) is 11.5 Å². The Kier molecular flexibility index (Phi) is 4.83. The second-order valence-corrected chi connectivity index (χ2v) is 9.17. The smallest absolute Gasteiger partial charge is 0.133 e. The molecule has 1 saturated carbocycles. The van der Waals surface area contributed by atoms with Crippen LogP contribution in [0.5, 0.6) is 0 Å². The molecular weight excluding hydrogens is 324 g/mol. The Morgan fingerprint density at radius 1 is 0.909 bits per heavy atom. The molecule has 120 valence electrons. The van der Waals surface area contributed by atoms with Gasteiger partial charge in [0.2, 0.25) is 0 Å². The largest absolute Gasteiger partial charge is 0.222 e. The van der Waals surface area contributed by atoms with Gasteiger partial charge in [-0.3, -0.25) is 0 Å². The van der Waals surface area contributed by atoms with Crippen LogP contribution in [0.25, 0.3) is 0 Å². The lowest BCUT2D eigenvalue weighted by Gasteiger charge is -2.17. The van der Waals surface area contributed by atoms with Crippen molar-refractivity contribution in [1.29, 1.82) is 0 Å². The van der Waals surface area contributed by atoms with Gasteiger partial charge in [-0.25, -0.2) is 18.6 Å². The number of fused-ring (bicyclic) bond motifs is 5. The Morgan fingerprint density at radius 2 is 1.41 bits per heavy atom. The minimum Gasteiger partial charge on any atom is -0.222 e. The van der Waals surface area contributed by atoms with Gasteiger partial charge < -0.3 is 0 Å². The van der Waals surface area contributed by atoms with Crippen LogP contribution in [0.4, 0.5) is 0 Å². The van der Waals surface area contributed by atoms with Crippen LogP contribution in [0.3, 0.4) is 0 Å². The molecule has 4 nitrogen and oxygen atoms in total. The molecule has 1 heterocycles. The molecule has 4 rings (SSSR count). The van der Waals surface area contributed by atoms with E-state index in [9.17, 15) is 0 Å². The first-order chi connectivity index (χ1) is 10.4. The monoisotopic (exact) mass is 342 g/mol. The summed E-state index contributed by atoms with van der Waals surface area (Å²) >= 11 is 0. The second kappa shape index (κ2) is 6.51. The molecule has 0 aromatic heterocycles. The minimum atomic E-state index is -4.94. The highest BCUT2D eigenvalue weighted by atomic mass is 35.7. The maximum Gasteiger partial charge on any atom is 0.133 e. The van der Waals surface area contributed by atoms with E-state index in [1.54, 1.807) is 5.56 Å². The summed E-state index contributed by atoms with van der Waals surface area (Å²) in [7, 11) is -4.27. The topological polar surface area (TPSA) is 92.2 Å². The molecule has 5 atom stereocenters. The Morgan fingerprint density at radius 3 is 1.91 bits per heavy atom. The van der Waals surface area contributed by atoms with E-state index >= 15 is 0 Å². The van der Waals surface area contributed by atoms with E-state index in [2.05, 4.69) is 42.5 Å². The third kappa shape index (κ3) is 4.04. The highest BCUT2D eigenvalue weighted by Gasteiger charge is 2.54. The van der Waals surface area contributed by atoms with E-state index in [-0.39, 0.29) is 0 Å². The van der Waals surface area contributed by atoms with E-state index in [1.165, 1.54) is 23.7 Å². The van der Waals surface area contributed by atoms with Crippen molar-refractivity contribution >= 4 is 10.9 Å². The van der Waals surface area contributed by atoms with Gasteiger partial charge in [0.25, 0.3) is 0 Å². The molecule has 1 aromatic carbocycles. The summed E-state index contributed by atoms with van der Waals surface area (Å²) in [5.74, 6) is 8.40. The molecule has 3 aliphatic rings. The molecule has 0 amide bonds. The van der Waals surface area contributed by atoms with Crippen LogP contribution >= 0.6 is 0 Å². The van der Waals surface area contributed by atoms with Gasteiger partial charge >= 0.3 is 0 Å². The zero-order chi connectivity index (χ0) is 15.7. The molecule has 1 aliphatic heterocycles. The van der Waals surface area contributed by atoms with Gasteiger partial charge in [-0.2, -0.15) is 0 Å². The van der Waals surface area contributed by atoms with Crippen molar-refractivity contribution in [3.8, 4) is 0 Å². The predicted molar refractivity (Wildman–Crippen MR) is 75.0 cm³/mol. The lowest BCUT2D eigenvalue weighted by molar-refractivity contribution is -2.00. The number of hydrogen-bond donors (Lipinski definition) is 0. The third-order valence-corrected chi connectivity index (χ3v) is 7.32. The molecular formula is C16H19ClO4S. The fraction of sp³-hybridized carbons (Fsp3) is 0.500. The molecule has 1 aromatic rings. The Bertz CT molecular complexity index is 505. The highest BCUT2D eigenvalue weighted by molar-refractivity contribution is 7.96. The van der Waals surface area contributed by atoms with E-state index in [0.717, 1.165) is 23.7 Å². The van der Waals surface area contributed by atoms with Crippen molar-refractivity contribution in [3.05, 3.63) is 48.0 Å². The van der Waals surface area contributed by atoms with Crippen molar-refractivity contribution in [2.45, 2.75) is 12.2 Å². The summed E-state index contributed by atoms with van der Waals surface area (Å²) in [6.07, 6.45) is 6.51. The SMILES string of the molecule is C1=C[C@H]2C[C@@H]1[C@H]1C[S+](Cc3ccccc3)C[C@H]12.[O-][Cl+3]([O-])([O-])[O-]. The fourth-order valence-corrected chi connectivity index (χ4v) is 7.17. The van der Waals surface area contributed by atoms with Crippen LogP contribution in [0.2, 0.25) is 0 Å². The third-order valence-electron chi connectivity index (χ3n) is 4.87. The van der Waals surface area contributed by atoms with Gasteiger partial charge in [-0.1, -0.05) is 42.5 Å². The number of allylic oxidation sites excluding steroid dienone is 2. The van der Waals surface area contributed by atoms with Crippen LogP contribution in [0.15, 0.2) is 42.5 Å². The summed E-state index contributed by atoms with van der Waals surface area (Å²) < 4.78 is 34.0. The van der Waals surface area contributed by atoms with Gasteiger partial charge in [0.1, 0.15) is 17.3 Å². The molecule has 0 spiro atoms. The van der Waals surface area contributed by atoms with Crippen molar-refractivity contribution < 1.29 is 28.9 Å². The van der Waals surface area contributed by atoms with Crippen molar-refractivity contribution in [3.63, 3.8) is 0 Å². The van der Waals surface area contributed by atoms with Crippen LogP contribution < -0.4 is 18.6 Å². The summed E-state index contributed by atoms with van der Waals surface area (Å²) in [4.78, 5) is 0. The van der Waals surface area contributed by atoms with E-state index in [0.29, 0.717) is 10.9 Å². The number of benzene rings is 1. The Hall–Kier alpha value is -0.560. The molecule has 2 bridgehead atoms. The zero-order valence-corrected chi connectivity index (χ0v) is 13.7. The van der Waals surface area contributed by atoms with E-state index in [4.69, 9.17) is 18.6 Å². The van der Waals surface area contributed by atoms with Crippen LogP contribution in [0.1, 0.15) is 12.0 Å².